The summed E-state index contributed by atoms with van der Waals surface area (Å²) in [5.74, 6) is -0.245. The molecule has 1 aromatic carbocycles. The fourth-order valence-corrected chi connectivity index (χ4v) is 4.27. The molecular formula is C23H30ClN3O4S. The Balaban J connectivity index is 0.000000235. The molecule has 1 aliphatic rings. The molecule has 174 valence electrons. The minimum absolute atomic E-state index is 0.0131. The lowest BCUT2D eigenvalue weighted by atomic mass is 10.1. The summed E-state index contributed by atoms with van der Waals surface area (Å²) in [6.07, 6.45) is 2.57. The molecule has 0 unspecified atom stereocenters. The van der Waals surface area contributed by atoms with Crippen molar-refractivity contribution in [2.75, 3.05) is 25.5 Å². The Labute approximate surface area is 197 Å². The monoisotopic (exact) mass is 479 g/mol. The lowest BCUT2D eigenvalue weighted by Gasteiger charge is -2.24. The maximum Gasteiger partial charge on any atom is 0.262 e. The number of carbonyl (C=O) groups is 3. The number of rotatable bonds is 6. The second-order valence-electron chi connectivity index (χ2n) is 8.15. The van der Waals surface area contributed by atoms with E-state index in [0.29, 0.717) is 15.5 Å². The van der Waals surface area contributed by atoms with Gasteiger partial charge >= 0.3 is 0 Å². The molecule has 3 N–H and O–H groups in total. The molecule has 0 radical (unpaired) electrons. The summed E-state index contributed by atoms with van der Waals surface area (Å²) in [5.41, 5.74) is 1.86. The molecule has 1 atom stereocenters. The summed E-state index contributed by atoms with van der Waals surface area (Å²) in [4.78, 5) is 36.8. The van der Waals surface area contributed by atoms with E-state index in [4.69, 9.17) is 11.6 Å². The van der Waals surface area contributed by atoms with Gasteiger partial charge in [-0.1, -0.05) is 11.6 Å². The van der Waals surface area contributed by atoms with Crippen molar-refractivity contribution in [2.24, 2.45) is 0 Å². The molecule has 2 heterocycles. The van der Waals surface area contributed by atoms with Gasteiger partial charge in [0.15, 0.2) is 0 Å². The molecule has 0 spiro atoms. The van der Waals surface area contributed by atoms with Gasteiger partial charge in [-0.3, -0.25) is 9.59 Å². The first-order valence-electron chi connectivity index (χ1n) is 10.4. The zero-order valence-electron chi connectivity index (χ0n) is 18.8. The third-order valence-electron chi connectivity index (χ3n) is 5.12. The van der Waals surface area contributed by atoms with Crippen molar-refractivity contribution in [1.82, 2.24) is 10.2 Å². The van der Waals surface area contributed by atoms with Gasteiger partial charge in [-0.25, -0.2) is 0 Å². The van der Waals surface area contributed by atoms with Gasteiger partial charge in [-0.15, -0.1) is 11.3 Å². The van der Waals surface area contributed by atoms with Crippen molar-refractivity contribution < 1.29 is 19.5 Å². The molecular weight excluding hydrogens is 450 g/mol. The minimum atomic E-state index is -0.840. The number of aliphatic hydroxyl groups is 1. The smallest absolute Gasteiger partial charge is 0.262 e. The number of likely N-dealkylation sites (tertiary alicyclic amines) is 1. The Bertz CT molecular complexity index is 960. The predicted molar refractivity (Wildman–Crippen MR) is 129 cm³/mol. The van der Waals surface area contributed by atoms with Gasteiger partial charge < -0.3 is 25.4 Å². The molecule has 1 aromatic heterocycles. The van der Waals surface area contributed by atoms with Crippen LogP contribution in [-0.4, -0.2) is 59.9 Å². The van der Waals surface area contributed by atoms with Crippen molar-refractivity contribution in [1.29, 1.82) is 0 Å². The molecule has 0 aliphatic carbocycles. The number of thiophene rings is 1. The molecule has 1 saturated heterocycles. The number of amides is 2. The SMILES string of the molecule is CC(C)(C=O)NC(=O)c1ccc(Cl)s1.CNc1ccc(C(=O)N2CCC[C@H]2CO)c(C)c1. The van der Waals surface area contributed by atoms with E-state index in [1.807, 2.05) is 32.2 Å². The quantitative estimate of drug-likeness (QED) is 0.548. The second-order valence-corrected chi connectivity index (χ2v) is 9.87. The maximum absolute atomic E-state index is 12.4. The number of aldehydes is 1. The Morgan fingerprint density at radius 2 is 2.03 bits per heavy atom. The zero-order chi connectivity index (χ0) is 23.9. The molecule has 0 bridgehead atoms. The number of benzene rings is 1. The largest absolute Gasteiger partial charge is 0.394 e. The van der Waals surface area contributed by atoms with Crippen LogP contribution in [0.4, 0.5) is 5.69 Å². The molecule has 2 aromatic rings. The number of anilines is 1. The van der Waals surface area contributed by atoms with Crippen molar-refractivity contribution in [3.8, 4) is 0 Å². The minimum Gasteiger partial charge on any atom is -0.394 e. The molecule has 2 amide bonds. The number of halogens is 1. The first-order chi connectivity index (χ1) is 15.1. The topological polar surface area (TPSA) is 98.7 Å². The van der Waals surface area contributed by atoms with E-state index in [1.165, 1.54) is 11.3 Å². The van der Waals surface area contributed by atoms with E-state index in [0.717, 1.165) is 36.2 Å². The van der Waals surface area contributed by atoms with E-state index >= 15 is 0 Å². The van der Waals surface area contributed by atoms with Crippen LogP contribution >= 0.6 is 22.9 Å². The lowest BCUT2D eigenvalue weighted by Crippen LogP contribution is -2.44. The van der Waals surface area contributed by atoms with Gasteiger partial charge in [0.05, 0.1) is 27.4 Å². The second kappa shape index (κ2) is 11.4. The summed E-state index contributed by atoms with van der Waals surface area (Å²) >= 11 is 6.86. The van der Waals surface area contributed by atoms with Crippen LogP contribution in [0.1, 0.15) is 52.3 Å². The zero-order valence-corrected chi connectivity index (χ0v) is 20.3. The van der Waals surface area contributed by atoms with Crippen molar-refractivity contribution in [3.05, 3.63) is 50.7 Å². The van der Waals surface area contributed by atoms with Crippen LogP contribution in [0.5, 0.6) is 0 Å². The standard InChI is InChI=1S/C14H20N2O2.C9H10ClNO2S/c1-10-8-11(15-2)5-6-13(10)14(18)16-7-3-4-12(16)9-17;1-9(2,5-12)11-8(13)6-3-4-7(10)14-6/h5-6,8,12,15,17H,3-4,7,9H2,1-2H3;3-5H,1-2H3,(H,11,13)/t12-;/m0./s1. The third kappa shape index (κ3) is 6.79. The van der Waals surface area contributed by atoms with E-state index in [9.17, 15) is 19.5 Å². The van der Waals surface area contributed by atoms with Crippen LogP contribution < -0.4 is 10.6 Å². The number of nitrogens with one attached hydrogen (secondary N) is 2. The predicted octanol–water partition coefficient (Wildman–Crippen LogP) is 3.74. The first-order valence-corrected chi connectivity index (χ1v) is 11.6. The van der Waals surface area contributed by atoms with Gasteiger partial charge in [-0.2, -0.15) is 0 Å². The molecule has 9 heteroatoms. The van der Waals surface area contributed by atoms with E-state index in [1.54, 1.807) is 30.9 Å². The van der Waals surface area contributed by atoms with Crippen LogP contribution in [0, 0.1) is 6.92 Å². The summed E-state index contributed by atoms with van der Waals surface area (Å²) < 4.78 is 0.555. The van der Waals surface area contributed by atoms with Gasteiger partial charge in [0.1, 0.15) is 6.29 Å². The highest BCUT2D eigenvalue weighted by Gasteiger charge is 2.29. The number of hydrogen-bond acceptors (Lipinski definition) is 6. The summed E-state index contributed by atoms with van der Waals surface area (Å²) in [6, 6.07) is 9.00. The Morgan fingerprint density at radius 1 is 1.31 bits per heavy atom. The fourth-order valence-electron chi connectivity index (χ4n) is 3.33. The number of carbonyl (C=O) groups excluding carboxylic acids is 3. The van der Waals surface area contributed by atoms with Crippen LogP contribution in [0.15, 0.2) is 30.3 Å². The van der Waals surface area contributed by atoms with Crippen LogP contribution in [0.25, 0.3) is 0 Å². The van der Waals surface area contributed by atoms with Crippen molar-refractivity contribution in [2.45, 2.75) is 45.2 Å². The normalized spacial score (nSPS) is 15.6. The maximum atomic E-state index is 12.4. The Kier molecular flexibility index (Phi) is 9.24. The number of nitrogens with zero attached hydrogens (tertiary/aromatic N) is 1. The van der Waals surface area contributed by atoms with Gasteiger partial charge in [0.25, 0.3) is 11.8 Å². The molecule has 3 rings (SSSR count). The molecule has 1 fully saturated rings. The number of aryl methyl sites for hydroxylation is 1. The van der Waals surface area contributed by atoms with Crippen molar-refractivity contribution in [3.63, 3.8) is 0 Å². The van der Waals surface area contributed by atoms with Gasteiger partial charge in [-0.05, 0) is 69.5 Å². The summed E-state index contributed by atoms with van der Waals surface area (Å²) in [6.45, 7) is 6.01. The molecule has 1 aliphatic heterocycles. The average Bonchev–Trinajstić information content (AvgIpc) is 3.42. The highest BCUT2D eigenvalue weighted by atomic mass is 35.5. The van der Waals surface area contributed by atoms with E-state index < -0.39 is 5.54 Å². The van der Waals surface area contributed by atoms with Crippen LogP contribution in [-0.2, 0) is 4.79 Å². The molecule has 32 heavy (non-hydrogen) atoms. The highest BCUT2D eigenvalue weighted by molar-refractivity contribution is 7.18. The van der Waals surface area contributed by atoms with Gasteiger partial charge in [0, 0.05) is 24.8 Å². The highest BCUT2D eigenvalue weighted by Crippen LogP contribution is 2.23. The average molecular weight is 480 g/mol. The Hall–Kier alpha value is -2.42. The third-order valence-corrected chi connectivity index (χ3v) is 6.35. The number of aliphatic hydroxyl groups excluding tert-OH is 1. The van der Waals surface area contributed by atoms with E-state index in [2.05, 4.69) is 10.6 Å². The van der Waals surface area contributed by atoms with Crippen LogP contribution in [0.2, 0.25) is 4.34 Å². The van der Waals surface area contributed by atoms with Crippen LogP contribution in [0.3, 0.4) is 0 Å². The molecule has 7 nitrogen and oxygen atoms in total. The fraction of sp³-hybridized carbons (Fsp3) is 0.435. The van der Waals surface area contributed by atoms with Gasteiger partial charge in [0.2, 0.25) is 0 Å². The number of hydrogen-bond donors (Lipinski definition) is 3. The van der Waals surface area contributed by atoms with Crippen molar-refractivity contribution >= 4 is 46.7 Å². The first kappa shape index (κ1) is 25.8. The Morgan fingerprint density at radius 3 is 2.56 bits per heavy atom. The van der Waals surface area contributed by atoms with E-state index in [-0.39, 0.29) is 24.5 Å². The lowest BCUT2D eigenvalue weighted by molar-refractivity contribution is -0.112. The molecule has 0 saturated carbocycles. The summed E-state index contributed by atoms with van der Waals surface area (Å²) in [7, 11) is 1.86. The summed E-state index contributed by atoms with van der Waals surface area (Å²) in [5, 5.41) is 14.9.